The molecule has 4 rings (SSSR count). The van der Waals surface area contributed by atoms with Gasteiger partial charge in [0.25, 0.3) is 0 Å². The zero-order valence-corrected chi connectivity index (χ0v) is 14.4. The van der Waals surface area contributed by atoms with Crippen LogP contribution in [0, 0.1) is 23.7 Å². The van der Waals surface area contributed by atoms with Crippen LogP contribution in [0.25, 0.3) is 0 Å². The summed E-state index contributed by atoms with van der Waals surface area (Å²) >= 11 is 0. The molecule has 1 unspecified atom stereocenters. The molecule has 0 aromatic rings. The molecule has 4 aliphatic carbocycles. The number of unbranched alkanes of at least 4 members (excludes halogenated alkanes) is 1. The van der Waals surface area contributed by atoms with Crippen molar-refractivity contribution in [2.75, 3.05) is 6.54 Å². The van der Waals surface area contributed by atoms with Crippen molar-refractivity contribution in [3.8, 4) is 0 Å². The summed E-state index contributed by atoms with van der Waals surface area (Å²) < 4.78 is 0. The van der Waals surface area contributed by atoms with Crippen molar-refractivity contribution in [1.29, 1.82) is 0 Å². The van der Waals surface area contributed by atoms with Gasteiger partial charge in [0.05, 0.1) is 0 Å². The second kappa shape index (κ2) is 8.22. The molecule has 4 bridgehead atoms. The SMILES string of the molecule is CCCCC(N)CNC1C2CC3CC(C2)CC1C3.Cl.Cl. The minimum absolute atomic E-state index is 0. The van der Waals surface area contributed by atoms with E-state index in [1.807, 2.05) is 0 Å². The molecule has 0 aliphatic heterocycles. The number of halogens is 2. The fourth-order valence-electron chi connectivity index (χ4n) is 5.11. The lowest BCUT2D eigenvalue weighted by molar-refractivity contribution is -0.0139. The molecule has 1 atom stereocenters. The van der Waals surface area contributed by atoms with E-state index in [2.05, 4.69) is 12.2 Å². The van der Waals surface area contributed by atoms with Crippen LogP contribution in [-0.4, -0.2) is 18.6 Å². The van der Waals surface area contributed by atoms with Crippen molar-refractivity contribution in [3.63, 3.8) is 0 Å². The van der Waals surface area contributed by atoms with E-state index in [1.54, 1.807) is 6.42 Å². The van der Waals surface area contributed by atoms with Gasteiger partial charge >= 0.3 is 0 Å². The second-order valence-electron chi connectivity index (χ2n) is 7.27. The van der Waals surface area contributed by atoms with Crippen molar-refractivity contribution >= 4 is 24.8 Å². The maximum absolute atomic E-state index is 6.20. The predicted molar refractivity (Wildman–Crippen MR) is 90.8 cm³/mol. The topological polar surface area (TPSA) is 38.0 Å². The molecular formula is C16H32Cl2N2. The summed E-state index contributed by atoms with van der Waals surface area (Å²) in [5.41, 5.74) is 6.20. The Morgan fingerprint density at radius 1 is 1.00 bits per heavy atom. The van der Waals surface area contributed by atoms with Gasteiger partial charge in [-0.25, -0.2) is 0 Å². The first-order valence-corrected chi connectivity index (χ1v) is 8.25. The highest BCUT2D eigenvalue weighted by molar-refractivity contribution is 5.85. The van der Waals surface area contributed by atoms with Crippen molar-refractivity contribution in [2.45, 2.75) is 70.4 Å². The normalized spacial score (nSPS) is 39.0. The van der Waals surface area contributed by atoms with Gasteiger partial charge in [-0.15, -0.1) is 24.8 Å². The zero-order valence-electron chi connectivity index (χ0n) is 12.7. The molecule has 0 saturated heterocycles. The third-order valence-corrected chi connectivity index (χ3v) is 5.77. The molecule has 20 heavy (non-hydrogen) atoms. The summed E-state index contributed by atoms with van der Waals surface area (Å²) in [6, 6.07) is 1.19. The monoisotopic (exact) mass is 322 g/mol. The molecule has 4 aliphatic rings. The van der Waals surface area contributed by atoms with Gasteiger partial charge < -0.3 is 11.1 Å². The van der Waals surface area contributed by atoms with E-state index in [-0.39, 0.29) is 24.8 Å². The average Bonchev–Trinajstić information content (AvgIpc) is 2.34. The van der Waals surface area contributed by atoms with Crippen LogP contribution in [0.5, 0.6) is 0 Å². The Bertz CT molecular complexity index is 258. The van der Waals surface area contributed by atoms with E-state index in [9.17, 15) is 0 Å². The summed E-state index contributed by atoms with van der Waals surface area (Å²) in [7, 11) is 0. The Balaban J connectivity index is 0.000001000. The summed E-state index contributed by atoms with van der Waals surface area (Å²) in [5, 5.41) is 3.85. The number of rotatable bonds is 6. The highest BCUT2D eigenvalue weighted by Gasteiger charge is 2.47. The van der Waals surface area contributed by atoms with Gasteiger partial charge in [-0.05, 0) is 62.2 Å². The average molecular weight is 323 g/mol. The number of nitrogens with one attached hydrogen (secondary N) is 1. The highest BCUT2D eigenvalue weighted by Crippen LogP contribution is 2.53. The lowest BCUT2D eigenvalue weighted by atomic mass is 9.54. The fraction of sp³-hybridized carbons (Fsp3) is 1.00. The number of nitrogens with two attached hydrogens (primary N) is 1. The maximum atomic E-state index is 6.20. The van der Waals surface area contributed by atoms with E-state index in [0.717, 1.165) is 36.3 Å². The summed E-state index contributed by atoms with van der Waals surface area (Å²) in [4.78, 5) is 0. The van der Waals surface area contributed by atoms with Crippen LogP contribution in [0.3, 0.4) is 0 Å². The van der Waals surface area contributed by atoms with Crippen molar-refractivity contribution in [1.82, 2.24) is 5.32 Å². The van der Waals surface area contributed by atoms with E-state index in [1.165, 1.54) is 44.9 Å². The van der Waals surface area contributed by atoms with Gasteiger partial charge in [0.2, 0.25) is 0 Å². The Kier molecular flexibility index (Phi) is 7.62. The molecule has 4 fully saturated rings. The molecule has 4 saturated carbocycles. The van der Waals surface area contributed by atoms with Crippen LogP contribution in [-0.2, 0) is 0 Å². The smallest absolute Gasteiger partial charge is 0.0165 e. The first-order valence-electron chi connectivity index (χ1n) is 8.25. The number of hydrogen-bond acceptors (Lipinski definition) is 2. The largest absolute Gasteiger partial charge is 0.327 e. The molecule has 0 radical (unpaired) electrons. The van der Waals surface area contributed by atoms with Crippen LogP contribution >= 0.6 is 24.8 Å². The molecule has 0 aromatic carbocycles. The van der Waals surface area contributed by atoms with Gasteiger partial charge in [-0.1, -0.05) is 19.8 Å². The van der Waals surface area contributed by atoms with E-state index in [0.29, 0.717) is 6.04 Å². The van der Waals surface area contributed by atoms with Crippen LogP contribution in [0.1, 0.15) is 58.3 Å². The number of hydrogen-bond donors (Lipinski definition) is 2. The zero-order chi connectivity index (χ0) is 12.5. The minimum Gasteiger partial charge on any atom is -0.327 e. The molecule has 2 nitrogen and oxygen atoms in total. The van der Waals surface area contributed by atoms with Gasteiger partial charge in [0, 0.05) is 18.6 Å². The van der Waals surface area contributed by atoms with E-state index >= 15 is 0 Å². The van der Waals surface area contributed by atoms with E-state index < -0.39 is 0 Å². The molecule has 3 N–H and O–H groups in total. The first kappa shape index (κ1) is 18.5. The Morgan fingerprint density at radius 3 is 2.05 bits per heavy atom. The molecule has 0 spiro atoms. The predicted octanol–water partition coefficient (Wildman–Crippen LogP) is 3.76. The van der Waals surface area contributed by atoms with Crippen LogP contribution in [0.15, 0.2) is 0 Å². The maximum Gasteiger partial charge on any atom is 0.0165 e. The van der Waals surface area contributed by atoms with Gasteiger partial charge in [0.15, 0.2) is 0 Å². The Morgan fingerprint density at radius 2 is 1.55 bits per heavy atom. The molecule has 120 valence electrons. The first-order chi connectivity index (χ1) is 8.76. The van der Waals surface area contributed by atoms with Crippen molar-refractivity contribution in [2.24, 2.45) is 29.4 Å². The van der Waals surface area contributed by atoms with Gasteiger partial charge in [0.1, 0.15) is 0 Å². The Hall–Kier alpha value is 0.500. The van der Waals surface area contributed by atoms with Gasteiger partial charge in [-0.2, -0.15) is 0 Å². The highest BCUT2D eigenvalue weighted by atomic mass is 35.5. The molecule has 0 amide bonds. The molecule has 0 aromatic heterocycles. The van der Waals surface area contributed by atoms with Gasteiger partial charge in [-0.3, -0.25) is 0 Å². The third-order valence-electron chi connectivity index (χ3n) is 5.77. The third kappa shape index (κ3) is 4.03. The molecule has 4 heteroatoms. The molecular weight excluding hydrogens is 291 g/mol. The molecule has 0 heterocycles. The lowest BCUT2D eigenvalue weighted by Crippen LogP contribution is -2.56. The minimum atomic E-state index is 0. The lowest BCUT2D eigenvalue weighted by Gasteiger charge is -2.54. The van der Waals surface area contributed by atoms with Crippen LogP contribution < -0.4 is 11.1 Å². The van der Waals surface area contributed by atoms with Crippen molar-refractivity contribution in [3.05, 3.63) is 0 Å². The van der Waals surface area contributed by atoms with Crippen LogP contribution in [0.4, 0.5) is 0 Å². The summed E-state index contributed by atoms with van der Waals surface area (Å²) in [6.45, 7) is 3.30. The van der Waals surface area contributed by atoms with Crippen LogP contribution in [0.2, 0.25) is 0 Å². The summed E-state index contributed by atoms with van der Waals surface area (Å²) in [5.74, 6) is 4.14. The summed E-state index contributed by atoms with van der Waals surface area (Å²) in [6.07, 6.45) is 11.3. The van der Waals surface area contributed by atoms with Crippen molar-refractivity contribution < 1.29 is 0 Å². The fourth-order valence-corrected chi connectivity index (χ4v) is 5.11. The van der Waals surface area contributed by atoms with E-state index in [4.69, 9.17) is 5.73 Å². The second-order valence-corrected chi connectivity index (χ2v) is 7.27. The standard InChI is InChI=1S/C16H30N2.2ClH/c1-2-3-4-15(17)10-18-16-13-6-11-5-12(8-13)9-14(16)7-11;;/h11-16,18H,2-10,17H2,1H3;2*1H. The quantitative estimate of drug-likeness (QED) is 0.781. The Labute approximate surface area is 136 Å².